The molecular formula is C13H21NaO3S. The number of hydrogen-bond donors (Lipinski definition) is 0. The molecule has 0 radical (unpaired) electrons. The molecule has 0 saturated carbocycles. The van der Waals surface area contributed by atoms with Gasteiger partial charge in [0.05, 0.1) is 5.75 Å². The molecule has 0 spiro atoms. The second kappa shape index (κ2) is 9.84. The number of benzene rings is 1. The Morgan fingerprint density at radius 3 is 2.28 bits per heavy atom. The molecule has 1 aromatic rings. The first-order valence-corrected chi connectivity index (χ1v) is 7.69. The van der Waals surface area contributed by atoms with Gasteiger partial charge in [0.1, 0.15) is 5.75 Å². The van der Waals surface area contributed by atoms with E-state index in [1.54, 1.807) is 24.3 Å². The zero-order valence-corrected chi connectivity index (χ0v) is 14.1. The van der Waals surface area contributed by atoms with Gasteiger partial charge in [0.25, 0.3) is 0 Å². The summed E-state index contributed by atoms with van der Waals surface area (Å²) in [5, 5.41) is 0. The largest absolute Gasteiger partial charge is 1.00 e. The van der Waals surface area contributed by atoms with Gasteiger partial charge in [-0.2, -0.15) is 8.42 Å². The Kier molecular flexibility index (Phi) is 9.83. The molecule has 0 aliphatic rings. The third-order valence-corrected chi connectivity index (χ3v) is 3.70. The van der Waals surface area contributed by atoms with E-state index in [1.165, 1.54) is 6.42 Å². The second-order valence-electron chi connectivity index (χ2n) is 4.07. The van der Waals surface area contributed by atoms with Crippen molar-refractivity contribution >= 4 is 10.1 Å². The van der Waals surface area contributed by atoms with E-state index in [-0.39, 0.29) is 36.7 Å². The number of rotatable bonds is 8. The van der Waals surface area contributed by atoms with Gasteiger partial charge in [-0.25, -0.2) is 0 Å². The molecule has 0 aliphatic carbocycles. The fraction of sp³-hybridized carbons (Fsp3) is 0.538. The first kappa shape index (κ1) is 18.0. The molecule has 0 fully saturated rings. The molecule has 0 saturated heterocycles. The zero-order chi connectivity index (χ0) is 12.6. The molecule has 0 N–H and O–H groups in total. The van der Waals surface area contributed by atoms with Gasteiger partial charge >= 0.3 is 39.7 Å². The van der Waals surface area contributed by atoms with Crippen LogP contribution in [-0.4, -0.2) is 14.2 Å². The van der Waals surface area contributed by atoms with Crippen molar-refractivity contribution in [1.82, 2.24) is 0 Å². The maximum atomic E-state index is 11.6. The van der Waals surface area contributed by atoms with Gasteiger partial charge in [0.15, 0.2) is 0 Å². The van der Waals surface area contributed by atoms with Crippen LogP contribution < -0.4 is 33.7 Å². The molecule has 0 aromatic heterocycles. The Balaban J connectivity index is 0. The van der Waals surface area contributed by atoms with Crippen LogP contribution in [0, 0.1) is 0 Å². The predicted molar refractivity (Wildman–Crippen MR) is 70.7 cm³/mol. The van der Waals surface area contributed by atoms with Gasteiger partial charge in [-0.3, -0.25) is 0 Å². The van der Waals surface area contributed by atoms with E-state index >= 15 is 0 Å². The van der Waals surface area contributed by atoms with E-state index in [9.17, 15) is 8.42 Å². The third-order valence-electron chi connectivity index (χ3n) is 2.46. The summed E-state index contributed by atoms with van der Waals surface area (Å²) in [4.78, 5) is 0. The van der Waals surface area contributed by atoms with Crippen LogP contribution in [0.2, 0.25) is 0 Å². The molecule has 0 amide bonds. The van der Waals surface area contributed by atoms with E-state index < -0.39 is 10.1 Å². The van der Waals surface area contributed by atoms with E-state index in [0.717, 1.165) is 19.3 Å². The zero-order valence-electron chi connectivity index (χ0n) is 12.3. The number of para-hydroxylation sites is 1. The van der Waals surface area contributed by atoms with Gasteiger partial charge in [0, 0.05) is 0 Å². The van der Waals surface area contributed by atoms with Crippen LogP contribution in [0.15, 0.2) is 30.3 Å². The minimum absolute atomic E-state index is 0. The second-order valence-corrected chi connectivity index (χ2v) is 5.76. The molecule has 0 aliphatic heterocycles. The van der Waals surface area contributed by atoms with Crippen molar-refractivity contribution in [2.24, 2.45) is 0 Å². The normalized spacial score (nSPS) is 10.7. The van der Waals surface area contributed by atoms with Crippen molar-refractivity contribution in [2.75, 3.05) is 5.75 Å². The Labute approximate surface area is 134 Å². The van der Waals surface area contributed by atoms with Crippen molar-refractivity contribution in [1.29, 1.82) is 0 Å². The van der Waals surface area contributed by atoms with Crippen molar-refractivity contribution in [3.63, 3.8) is 0 Å². The molecule has 0 heterocycles. The summed E-state index contributed by atoms with van der Waals surface area (Å²) in [6.45, 7) is 2.13. The van der Waals surface area contributed by atoms with Gasteiger partial charge in [-0.1, -0.05) is 50.8 Å². The van der Waals surface area contributed by atoms with E-state index in [4.69, 9.17) is 4.18 Å². The molecule has 98 valence electrons. The smallest absolute Gasteiger partial charge is 1.00 e. The minimum atomic E-state index is -3.42. The van der Waals surface area contributed by atoms with Crippen LogP contribution in [0.25, 0.3) is 0 Å². The Bertz CT molecular complexity index is 409. The summed E-state index contributed by atoms with van der Waals surface area (Å²) in [6, 6.07) is 8.63. The minimum Gasteiger partial charge on any atom is -1.00 e. The summed E-state index contributed by atoms with van der Waals surface area (Å²) in [5.41, 5.74) is 0. The number of hydrogen-bond acceptors (Lipinski definition) is 3. The SMILES string of the molecule is CCCCCCCS(=O)(=O)Oc1ccccc1.[H-].[Na+]. The quantitative estimate of drug-likeness (QED) is 0.395. The van der Waals surface area contributed by atoms with Crippen molar-refractivity contribution < 1.29 is 43.6 Å². The first-order valence-electron chi connectivity index (χ1n) is 6.11. The van der Waals surface area contributed by atoms with E-state index in [1.807, 2.05) is 6.07 Å². The van der Waals surface area contributed by atoms with Crippen molar-refractivity contribution in [2.45, 2.75) is 39.0 Å². The van der Waals surface area contributed by atoms with E-state index in [2.05, 4.69) is 6.92 Å². The maximum absolute atomic E-state index is 11.6. The molecule has 0 bridgehead atoms. The van der Waals surface area contributed by atoms with Crippen molar-refractivity contribution in [3.05, 3.63) is 30.3 Å². The van der Waals surface area contributed by atoms with Gasteiger partial charge in [-0.15, -0.1) is 0 Å². The monoisotopic (exact) mass is 280 g/mol. The fourth-order valence-corrected chi connectivity index (χ4v) is 2.59. The molecule has 1 rings (SSSR count). The Morgan fingerprint density at radius 2 is 1.67 bits per heavy atom. The molecular weight excluding hydrogens is 259 g/mol. The average Bonchev–Trinajstić information content (AvgIpc) is 2.29. The number of unbranched alkanes of at least 4 members (excludes halogenated alkanes) is 4. The standard InChI is InChI=1S/C13H20O3S.Na.H/c1-2-3-4-5-9-12-17(14,15)16-13-10-7-6-8-11-13;;/h6-8,10-11H,2-5,9,12H2,1H3;;/q;+1;-1. The summed E-state index contributed by atoms with van der Waals surface area (Å²) >= 11 is 0. The maximum Gasteiger partial charge on any atom is 1.00 e. The van der Waals surface area contributed by atoms with Crippen molar-refractivity contribution in [3.8, 4) is 5.75 Å². The topological polar surface area (TPSA) is 43.4 Å². The molecule has 5 heteroatoms. The van der Waals surface area contributed by atoms with Crippen LogP contribution in [0.1, 0.15) is 40.5 Å². The summed E-state index contributed by atoms with van der Waals surface area (Å²) in [5.74, 6) is 0.493. The summed E-state index contributed by atoms with van der Waals surface area (Å²) < 4.78 is 28.2. The van der Waals surface area contributed by atoms with Crippen LogP contribution >= 0.6 is 0 Å². The van der Waals surface area contributed by atoms with Crippen LogP contribution in [-0.2, 0) is 10.1 Å². The molecule has 1 aromatic carbocycles. The summed E-state index contributed by atoms with van der Waals surface area (Å²) in [6.07, 6.45) is 5.05. The van der Waals surface area contributed by atoms with Crippen LogP contribution in [0.5, 0.6) is 5.75 Å². The van der Waals surface area contributed by atoms with Gasteiger partial charge in [0.2, 0.25) is 0 Å². The fourth-order valence-electron chi connectivity index (χ4n) is 1.55. The van der Waals surface area contributed by atoms with Gasteiger partial charge in [-0.05, 0) is 18.6 Å². The third kappa shape index (κ3) is 8.14. The van der Waals surface area contributed by atoms with Crippen LogP contribution in [0.4, 0.5) is 0 Å². The molecule has 0 unspecified atom stereocenters. The van der Waals surface area contributed by atoms with Crippen LogP contribution in [0.3, 0.4) is 0 Å². The van der Waals surface area contributed by atoms with Gasteiger partial charge < -0.3 is 5.61 Å². The Morgan fingerprint density at radius 1 is 1.06 bits per heavy atom. The summed E-state index contributed by atoms with van der Waals surface area (Å²) in [7, 11) is -3.42. The molecule has 18 heavy (non-hydrogen) atoms. The predicted octanol–water partition coefficient (Wildman–Crippen LogP) is 0.482. The molecule has 0 atom stereocenters. The molecule has 3 nitrogen and oxygen atoms in total. The average molecular weight is 280 g/mol. The Hall–Kier alpha value is -0.0300. The van der Waals surface area contributed by atoms with E-state index in [0.29, 0.717) is 12.2 Å². The first-order chi connectivity index (χ1) is 8.14.